The Morgan fingerprint density at radius 3 is 2.44 bits per heavy atom. The molecular formula is C12H23NO4S. The molecule has 1 aliphatic heterocycles. The summed E-state index contributed by atoms with van der Waals surface area (Å²) in [5.41, 5.74) is -0.157. The average molecular weight is 277 g/mol. The summed E-state index contributed by atoms with van der Waals surface area (Å²) in [6.45, 7) is 5.96. The van der Waals surface area contributed by atoms with Gasteiger partial charge in [0.05, 0.1) is 17.4 Å². The van der Waals surface area contributed by atoms with Crippen LogP contribution in [0.3, 0.4) is 0 Å². The van der Waals surface area contributed by atoms with Gasteiger partial charge in [-0.3, -0.25) is 4.79 Å². The molecule has 2 atom stereocenters. The first-order valence-corrected chi connectivity index (χ1v) is 8.09. The Bertz CT molecular complexity index is 397. The SMILES string of the molecule is CC(C)(C)C(CCO)NC(=O)C1CCS(=O)(=O)C1. The van der Waals surface area contributed by atoms with Gasteiger partial charge < -0.3 is 10.4 Å². The quantitative estimate of drug-likeness (QED) is 0.776. The van der Waals surface area contributed by atoms with E-state index in [0.717, 1.165) is 0 Å². The fraction of sp³-hybridized carbons (Fsp3) is 0.917. The van der Waals surface area contributed by atoms with Crippen molar-refractivity contribution < 1.29 is 18.3 Å². The predicted molar refractivity (Wildman–Crippen MR) is 69.8 cm³/mol. The molecule has 18 heavy (non-hydrogen) atoms. The number of rotatable bonds is 4. The van der Waals surface area contributed by atoms with Crippen LogP contribution in [0, 0.1) is 11.3 Å². The molecule has 2 N–H and O–H groups in total. The first-order chi connectivity index (χ1) is 8.15. The van der Waals surface area contributed by atoms with E-state index in [2.05, 4.69) is 5.32 Å². The van der Waals surface area contributed by atoms with Crippen molar-refractivity contribution in [2.75, 3.05) is 18.1 Å². The molecule has 1 aliphatic rings. The highest BCUT2D eigenvalue weighted by atomic mass is 32.2. The van der Waals surface area contributed by atoms with Gasteiger partial charge in [-0.2, -0.15) is 0 Å². The molecule has 0 aromatic heterocycles. The maximum atomic E-state index is 12.0. The molecule has 0 aromatic carbocycles. The van der Waals surface area contributed by atoms with E-state index in [-0.39, 0.29) is 35.5 Å². The smallest absolute Gasteiger partial charge is 0.224 e. The first-order valence-electron chi connectivity index (χ1n) is 6.27. The van der Waals surface area contributed by atoms with E-state index >= 15 is 0 Å². The average Bonchev–Trinajstić information content (AvgIpc) is 2.57. The summed E-state index contributed by atoms with van der Waals surface area (Å²) in [5, 5.41) is 11.9. The minimum absolute atomic E-state index is 0.00514. The van der Waals surface area contributed by atoms with E-state index < -0.39 is 15.8 Å². The highest BCUT2D eigenvalue weighted by Crippen LogP contribution is 2.24. The monoisotopic (exact) mass is 277 g/mol. The lowest BCUT2D eigenvalue weighted by molar-refractivity contribution is -0.125. The van der Waals surface area contributed by atoms with Crippen LogP contribution >= 0.6 is 0 Å². The zero-order valence-corrected chi connectivity index (χ0v) is 12.1. The summed E-state index contributed by atoms with van der Waals surface area (Å²) < 4.78 is 22.7. The summed E-state index contributed by atoms with van der Waals surface area (Å²) in [6, 6.07) is -0.140. The Hall–Kier alpha value is -0.620. The van der Waals surface area contributed by atoms with Gasteiger partial charge in [0, 0.05) is 12.6 Å². The number of nitrogens with one attached hydrogen (secondary N) is 1. The van der Waals surface area contributed by atoms with Crippen molar-refractivity contribution in [2.24, 2.45) is 11.3 Å². The number of amides is 1. The van der Waals surface area contributed by atoms with Gasteiger partial charge in [-0.1, -0.05) is 20.8 Å². The Morgan fingerprint density at radius 2 is 2.06 bits per heavy atom. The molecule has 6 heteroatoms. The summed E-state index contributed by atoms with van der Waals surface area (Å²) >= 11 is 0. The number of sulfone groups is 1. The van der Waals surface area contributed by atoms with E-state index in [1.807, 2.05) is 20.8 Å². The van der Waals surface area contributed by atoms with Gasteiger partial charge in [0.15, 0.2) is 9.84 Å². The van der Waals surface area contributed by atoms with E-state index in [9.17, 15) is 13.2 Å². The molecule has 106 valence electrons. The second-order valence-corrected chi connectivity index (χ2v) is 8.27. The maximum Gasteiger partial charge on any atom is 0.224 e. The summed E-state index contributed by atoms with van der Waals surface area (Å²) in [5.74, 6) is -0.580. The third-order valence-electron chi connectivity index (χ3n) is 3.38. The lowest BCUT2D eigenvalue weighted by Gasteiger charge is -2.31. The Morgan fingerprint density at radius 1 is 1.44 bits per heavy atom. The standard InChI is InChI=1S/C12H23NO4S/c1-12(2,3)10(4-6-14)13-11(15)9-5-7-18(16,17)8-9/h9-10,14H,4-8H2,1-3H3,(H,13,15). The molecule has 1 rings (SSSR count). The maximum absolute atomic E-state index is 12.0. The van der Waals surface area contributed by atoms with E-state index in [1.54, 1.807) is 0 Å². The van der Waals surface area contributed by atoms with Crippen molar-refractivity contribution in [1.82, 2.24) is 5.32 Å². The number of hydrogen-bond donors (Lipinski definition) is 2. The van der Waals surface area contributed by atoms with Crippen LogP contribution in [0.25, 0.3) is 0 Å². The van der Waals surface area contributed by atoms with Crippen LogP contribution in [0.4, 0.5) is 0 Å². The van der Waals surface area contributed by atoms with Gasteiger partial charge in [0.25, 0.3) is 0 Å². The van der Waals surface area contributed by atoms with Crippen LogP contribution in [0.2, 0.25) is 0 Å². The number of aliphatic hydroxyl groups excluding tert-OH is 1. The summed E-state index contributed by atoms with van der Waals surface area (Å²) in [7, 11) is -3.03. The lowest BCUT2D eigenvalue weighted by atomic mass is 9.84. The van der Waals surface area contributed by atoms with Crippen LogP contribution in [0.5, 0.6) is 0 Å². The molecule has 0 spiro atoms. The molecule has 0 aliphatic carbocycles. The molecular weight excluding hydrogens is 254 g/mol. The second-order valence-electron chi connectivity index (χ2n) is 6.04. The third kappa shape index (κ3) is 4.24. The summed E-state index contributed by atoms with van der Waals surface area (Å²) in [4.78, 5) is 12.0. The van der Waals surface area contributed by atoms with Gasteiger partial charge in [0.1, 0.15) is 0 Å². The Kier molecular flexibility index (Phi) is 4.78. The first kappa shape index (κ1) is 15.4. The molecule has 1 amide bonds. The number of carbonyl (C=O) groups excluding carboxylic acids is 1. The number of carbonyl (C=O) groups is 1. The fourth-order valence-corrected chi connectivity index (χ4v) is 3.88. The number of aliphatic hydroxyl groups is 1. The van der Waals surface area contributed by atoms with Crippen LogP contribution in [0.1, 0.15) is 33.6 Å². The van der Waals surface area contributed by atoms with Crippen molar-refractivity contribution in [2.45, 2.75) is 39.7 Å². The molecule has 5 nitrogen and oxygen atoms in total. The Balaban J connectivity index is 2.63. The third-order valence-corrected chi connectivity index (χ3v) is 5.15. The summed E-state index contributed by atoms with van der Waals surface area (Å²) in [6.07, 6.45) is 0.888. The Labute approximate surface area is 109 Å². The van der Waals surface area contributed by atoms with Crippen molar-refractivity contribution in [3.63, 3.8) is 0 Å². The van der Waals surface area contributed by atoms with Crippen LogP contribution < -0.4 is 5.32 Å². The highest BCUT2D eigenvalue weighted by Gasteiger charge is 2.35. The van der Waals surface area contributed by atoms with E-state index in [4.69, 9.17) is 5.11 Å². The highest BCUT2D eigenvalue weighted by molar-refractivity contribution is 7.91. The minimum Gasteiger partial charge on any atom is -0.396 e. The fourth-order valence-electron chi connectivity index (χ4n) is 2.14. The largest absolute Gasteiger partial charge is 0.396 e. The lowest BCUT2D eigenvalue weighted by Crippen LogP contribution is -2.46. The van der Waals surface area contributed by atoms with Crippen molar-refractivity contribution >= 4 is 15.7 Å². The topological polar surface area (TPSA) is 83.5 Å². The van der Waals surface area contributed by atoms with Crippen molar-refractivity contribution in [1.29, 1.82) is 0 Å². The molecule has 0 saturated carbocycles. The zero-order chi connectivity index (χ0) is 14.0. The normalized spacial score (nSPS) is 24.8. The molecule has 0 bridgehead atoms. The van der Waals surface area contributed by atoms with Gasteiger partial charge in [-0.15, -0.1) is 0 Å². The van der Waals surface area contributed by atoms with Crippen LogP contribution in [-0.4, -0.2) is 43.6 Å². The van der Waals surface area contributed by atoms with Gasteiger partial charge in [-0.25, -0.2) is 8.42 Å². The molecule has 1 fully saturated rings. The van der Waals surface area contributed by atoms with Gasteiger partial charge in [-0.05, 0) is 18.3 Å². The van der Waals surface area contributed by atoms with Gasteiger partial charge >= 0.3 is 0 Å². The van der Waals surface area contributed by atoms with E-state index in [0.29, 0.717) is 12.8 Å². The molecule has 1 saturated heterocycles. The molecule has 0 radical (unpaired) electrons. The van der Waals surface area contributed by atoms with Crippen molar-refractivity contribution in [3.05, 3.63) is 0 Å². The predicted octanol–water partition coefficient (Wildman–Crippen LogP) is 0.334. The zero-order valence-electron chi connectivity index (χ0n) is 11.3. The second kappa shape index (κ2) is 5.57. The van der Waals surface area contributed by atoms with E-state index in [1.165, 1.54) is 0 Å². The molecule has 2 unspecified atom stereocenters. The van der Waals surface area contributed by atoms with Gasteiger partial charge in [0.2, 0.25) is 5.91 Å². The number of hydrogen-bond acceptors (Lipinski definition) is 4. The van der Waals surface area contributed by atoms with Crippen LogP contribution in [-0.2, 0) is 14.6 Å². The molecule has 1 heterocycles. The van der Waals surface area contributed by atoms with Crippen molar-refractivity contribution in [3.8, 4) is 0 Å². The molecule has 0 aromatic rings. The van der Waals surface area contributed by atoms with Crippen LogP contribution in [0.15, 0.2) is 0 Å². The minimum atomic E-state index is -3.03.